The summed E-state index contributed by atoms with van der Waals surface area (Å²) in [6.07, 6.45) is 0. The van der Waals surface area contributed by atoms with Crippen LogP contribution in [-0.4, -0.2) is 19.0 Å². The lowest BCUT2D eigenvalue weighted by Crippen LogP contribution is -2.36. The highest BCUT2D eigenvalue weighted by molar-refractivity contribution is 7.12. The average Bonchev–Trinajstić information content (AvgIpc) is 3.07. The van der Waals surface area contributed by atoms with Crippen LogP contribution in [0.1, 0.15) is 33.8 Å². The molecule has 1 aromatic heterocycles. The van der Waals surface area contributed by atoms with E-state index in [-0.39, 0.29) is 5.91 Å². The lowest BCUT2D eigenvalue weighted by atomic mass is 9.94. The third-order valence-corrected chi connectivity index (χ3v) is 4.42. The van der Waals surface area contributed by atoms with Gasteiger partial charge in [-0.1, -0.05) is 30.3 Å². The Labute approximate surface area is 138 Å². The molecule has 6 heteroatoms. The number of carbonyl (C=O) groups is 2. The molecule has 0 bridgehead atoms. The number of benzene rings is 1. The van der Waals surface area contributed by atoms with E-state index in [9.17, 15) is 9.59 Å². The molecule has 0 aliphatic rings. The Morgan fingerprint density at radius 2 is 1.96 bits per heavy atom. The molecule has 0 saturated carbocycles. The predicted octanol–water partition coefficient (Wildman–Crippen LogP) is 2.90. The maximum atomic E-state index is 12.5. The first kappa shape index (κ1) is 16.7. The molecule has 1 N–H and O–H groups in total. The maximum Gasteiger partial charge on any atom is 0.310 e. The Balaban J connectivity index is 2.30. The first-order valence-corrected chi connectivity index (χ1v) is 7.87. The second kappa shape index (κ2) is 7.56. The van der Waals surface area contributed by atoms with Gasteiger partial charge in [-0.15, -0.1) is 11.3 Å². The van der Waals surface area contributed by atoms with Crippen molar-refractivity contribution >= 4 is 23.2 Å². The average molecular weight is 328 g/mol. The van der Waals surface area contributed by atoms with Crippen LogP contribution >= 0.6 is 11.3 Å². The van der Waals surface area contributed by atoms with E-state index in [1.807, 2.05) is 36.4 Å². The van der Waals surface area contributed by atoms with Crippen LogP contribution in [0.25, 0.3) is 0 Å². The summed E-state index contributed by atoms with van der Waals surface area (Å²) in [6.45, 7) is 1.70. The number of amides is 1. The molecule has 0 unspecified atom stereocenters. The van der Waals surface area contributed by atoms with Gasteiger partial charge in [-0.05, 0) is 23.9 Å². The summed E-state index contributed by atoms with van der Waals surface area (Å²) in [5, 5.41) is 13.6. The number of carbonyl (C=O) groups excluding carboxylic acids is 2. The zero-order valence-corrected chi connectivity index (χ0v) is 13.6. The summed E-state index contributed by atoms with van der Waals surface area (Å²) in [5.41, 5.74) is 1.12. The van der Waals surface area contributed by atoms with Crippen molar-refractivity contribution in [3.8, 4) is 6.07 Å². The van der Waals surface area contributed by atoms with Gasteiger partial charge in [0.25, 0.3) is 5.91 Å². The van der Waals surface area contributed by atoms with E-state index in [0.29, 0.717) is 10.4 Å². The number of hydrogen-bond donors (Lipinski definition) is 1. The van der Waals surface area contributed by atoms with E-state index in [1.54, 1.807) is 18.4 Å². The van der Waals surface area contributed by atoms with Gasteiger partial charge in [-0.2, -0.15) is 5.26 Å². The van der Waals surface area contributed by atoms with E-state index in [2.05, 4.69) is 5.32 Å². The molecular weight excluding hydrogens is 312 g/mol. The third kappa shape index (κ3) is 3.76. The number of ether oxygens (including phenoxy) is 1. The largest absolute Gasteiger partial charge is 0.469 e. The first-order chi connectivity index (χ1) is 11.1. The summed E-state index contributed by atoms with van der Waals surface area (Å²) in [6, 6.07) is 12.3. The fourth-order valence-corrected chi connectivity index (χ4v) is 3.01. The highest BCUT2D eigenvalue weighted by atomic mass is 32.1. The number of nitriles is 1. The van der Waals surface area contributed by atoms with Gasteiger partial charge < -0.3 is 10.1 Å². The Morgan fingerprint density at radius 1 is 1.26 bits per heavy atom. The molecule has 5 nitrogen and oxygen atoms in total. The molecule has 0 radical (unpaired) electrons. The van der Waals surface area contributed by atoms with E-state index in [1.165, 1.54) is 18.4 Å². The highest BCUT2D eigenvalue weighted by Crippen LogP contribution is 2.25. The topological polar surface area (TPSA) is 79.2 Å². The Kier molecular flexibility index (Phi) is 5.50. The second-order valence-corrected chi connectivity index (χ2v) is 5.86. The van der Waals surface area contributed by atoms with Gasteiger partial charge in [-0.25, -0.2) is 0 Å². The fourth-order valence-electron chi connectivity index (χ4n) is 2.26. The molecule has 1 aromatic carbocycles. The fraction of sp³-hybridized carbons (Fsp3) is 0.235. The maximum absolute atomic E-state index is 12.5. The molecule has 0 spiro atoms. The minimum Gasteiger partial charge on any atom is -0.469 e. The molecule has 0 fully saturated rings. The molecule has 2 atom stereocenters. The van der Waals surface area contributed by atoms with Crippen molar-refractivity contribution in [2.24, 2.45) is 5.92 Å². The molecule has 118 valence electrons. The molecule has 2 rings (SSSR count). The number of hydrogen-bond acceptors (Lipinski definition) is 5. The number of nitrogens with zero attached hydrogens (tertiary/aromatic N) is 1. The van der Waals surface area contributed by atoms with Crippen molar-refractivity contribution in [1.29, 1.82) is 5.26 Å². The van der Waals surface area contributed by atoms with Crippen LogP contribution in [0.2, 0.25) is 0 Å². The summed E-state index contributed by atoms with van der Waals surface area (Å²) < 4.78 is 4.79. The van der Waals surface area contributed by atoms with Crippen LogP contribution < -0.4 is 5.32 Å². The van der Waals surface area contributed by atoms with Crippen LogP contribution in [0.4, 0.5) is 0 Å². The van der Waals surface area contributed by atoms with Crippen molar-refractivity contribution in [3.63, 3.8) is 0 Å². The Morgan fingerprint density at radius 3 is 2.57 bits per heavy atom. The number of methoxy groups -OCH3 is 1. The van der Waals surface area contributed by atoms with Crippen LogP contribution in [0.5, 0.6) is 0 Å². The minimum atomic E-state index is -0.558. The van der Waals surface area contributed by atoms with Crippen molar-refractivity contribution in [1.82, 2.24) is 5.32 Å². The van der Waals surface area contributed by atoms with E-state index < -0.39 is 17.9 Å². The smallest absolute Gasteiger partial charge is 0.310 e. The lowest BCUT2D eigenvalue weighted by Gasteiger charge is -2.23. The minimum absolute atomic E-state index is 0.324. The van der Waals surface area contributed by atoms with E-state index in [4.69, 9.17) is 10.00 Å². The van der Waals surface area contributed by atoms with Gasteiger partial charge in [0.2, 0.25) is 0 Å². The summed E-state index contributed by atoms with van der Waals surface area (Å²) >= 11 is 1.19. The lowest BCUT2D eigenvalue weighted by molar-refractivity contribution is -0.145. The van der Waals surface area contributed by atoms with Gasteiger partial charge in [-0.3, -0.25) is 9.59 Å². The van der Waals surface area contributed by atoms with Crippen LogP contribution in [0.3, 0.4) is 0 Å². The summed E-state index contributed by atoms with van der Waals surface area (Å²) in [4.78, 5) is 24.7. The summed E-state index contributed by atoms with van der Waals surface area (Å²) in [7, 11) is 1.32. The van der Waals surface area contributed by atoms with Crippen LogP contribution in [0, 0.1) is 17.2 Å². The number of nitrogens with one attached hydrogen (secondary N) is 1. The number of esters is 1. The standard InChI is InChI=1S/C17H16N2O3S/c1-11(17(21)22-2)14(12-6-4-3-5-7-12)19-16(20)15-13(10-18)8-9-23-15/h3-9,11,14H,1-2H3,(H,19,20)/t11-,14+/m1/s1. The zero-order chi connectivity index (χ0) is 16.8. The van der Waals surface area contributed by atoms with Crippen molar-refractivity contribution < 1.29 is 14.3 Å². The molecule has 0 saturated heterocycles. The monoisotopic (exact) mass is 328 g/mol. The Bertz CT molecular complexity index is 734. The Hall–Kier alpha value is -2.65. The molecule has 1 amide bonds. The van der Waals surface area contributed by atoms with Gasteiger partial charge in [0.05, 0.1) is 24.6 Å². The molecule has 0 aliphatic heterocycles. The third-order valence-electron chi connectivity index (χ3n) is 3.51. The molecular formula is C17H16N2O3S. The molecule has 1 heterocycles. The van der Waals surface area contributed by atoms with Crippen molar-refractivity contribution in [3.05, 3.63) is 57.8 Å². The molecule has 23 heavy (non-hydrogen) atoms. The van der Waals surface area contributed by atoms with Crippen molar-refractivity contribution in [2.75, 3.05) is 7.11 Å². The molecule has 0 aliphatic carbocycles. The van der Waals surface area contributed by atoms with E-state index >= 15 is 0 Å². The van der Waals surface area contributed by atoms with E-state index in [0.717, 1.165) is 5.56 Å². The normalized spacial score (nSPS) is 12.7. The second-order valence-electron chi connectivity index (χ2n) is 4.95. The van der Waals surface area contributed by atoms with Crippen LogP contribution in [-0.2, 0) is 9.53 Å². The van der Waals surface area contributed by atoms with Gasteiger partial charge in [0.15, 0.2) is 0 Å². The quantitative estimate of drug-likeness (QED) is 0.856. The first-order valence-electron chi connectivity index (χ1n) is 6.99. The summed E-state index contributed by atoms with van der Waals surface area (Å²) in [5.74, 6) is -1.34. The SMILES string of the molecule is COC(=O)[C@H](C)[C@H](NC(=O)c1sccc1C#N)c1ccccc1. The predicted molar refractivity (Wildman–Crippen MR) is 86.9 cm³/mol. The molecule has 2 aromatic rings. The number of rotatable bonds is 5. The van der Waals surface area contributed by atoms with Gasteiger partial charge >= 0.3 is 5.97 Å². The van der Waals surface area contributed by atoms with Gasteiger partial charge in [0, 0.05) is 0 Å². The number of thiophene rings is 1. The van der Waals surface area contributed by atoms with Crippen molar-refractivity contribution in [2.45, 2.75) is 13.0 Å². The van der Waals surface area contributed by atoms with Gasteiger partial charge in [0.1, 0.15) is 10.9 Å². The highest BCUT2D eigenvalue weighted by Gasteiger charge is 2.29. The zero-order valence-electron chi connectivity index (χ0n) is 12.8. The van der Waals surface area contributed by atoms with Crippen LogP contribution in [0.15, 0.2) is 41.8 Å².